The number of piperidine rings is 1. The zero-order valence-electron chi connectivity index (χ0n) is 33.5. The molecule has 320 valence electrons. The number of imide groups is 1. The Morgan fingerprint density at radius 2 is 1.74 bits per heavy atom. The third kappa shape index (κ3) is 7.94. The lowest BCUT2D eigenvalue weighted by Crippen LogP contribution is -2.49. The maximum atomic E-state index is 15.5. The molecule has 3 saturated heterocycles. The van der Waals surface area contributed by atoms with E-state index in [1.54, 1.807) is 12.3 Å². The molecule has 0 saturated carbocycles. The summed E-state index contributed by atoms with van der Waals surface area (Å²) in [6.45, 7) is 6.36. The number of piperazine rings is 1. The van der Waals surface area contributed by atoms with Gasteiger partial charge in [-0.15, -0.1) is 0 Å². The third-order valence-corrected chi connectivity index (χ3v) is 11.9. The maximum absolute atomic E-state index is 15.5. The van der Waals surface area contributed by atoms with Gasteiger partial charge in [0.2, 0.25) is 17.7 Å². The van der Waals surface area contributed by atoms with Crippen LogP contribution in [0.5, 0.6) is 5.75 Å². The van der Waals surface area contributed by atoms with Crippen LogP contribution >= 0.6 is 12.2 Å². The first-order valence-corrected chi connectivity index (χ1v) is 20.2. The highest BCUT2D eigenvalue weighted by atomic mass is 32.1. The van der Waals surface area contributed by atoms with Gasteiger partial charge in [-0.1, -0.05) is 12.1 Å². The summed E-state index contributed by atoms with van der Waals surface area (Å²) in [5.41, 5.74) is -1.26. The van der Waals surface area contributed by atoms with Crippen LogP contribution in [0.1, 0.15) is 49.3 Å². The SMILES string of the molecule is CC1(C)C(=O)N(c2ccc(C#N)c(C(F)(F)F)c2)C(=S)N1c1ccc(OCCN2CCN(CC(=O)Nc3cccc4c3ccc3occ([C@H]5CCC(=O)NC5=O)c34)CC2)c(F)c1. The van der Waals surface area contributed by atoms with Crippen LogP contribution in [0.15, 0.2) is 77.4 Å². The molecule has 3 fully saturated rings. The lowest BCUT2D eigenvalue weighted by atomic mass is 9.88. The van der Waals surface area contributed by atoms with Gasteiger partial charge in [0.25, 0.3) is 5.91 Å². The lowest BCUT2D eigenvalue weighted by Gasteiger charge is -2.34. The van der Waals surface area contributed by atoms with Gasteiger partial charge in [-0.2, -0.15) is 18.4 Å². The van der Waals surface area contributed by atoms with Gasteiger partial charge in [0.15, 0.2) is 16.7 Å². The number of amides is 4. The van der Waals surface area contributed by atoms with Crippen LogP contribution < -0.4 is 25.2 Å². The van der Waals surface area contributed by atoms with Gasteiger partial charge in [0, 0.05) is 72.9 Å². The number of anilines is 3. The van der Waals surface area contributed by atoms with Crippen LogP contribution in [0, 0.1) is 17.1 Å². The molecule has 13 nitrogen and oxygen atoms in total. The van der Waals surface area contributed by atoms with Gasteiger partial charge < -0.3 is 19.4 Å². The fourth-order valence-electron chi connectivity index (χ4n) is 8.33. The summed E-state index contributed by atoms with van der Waals surface area (Å²) in [5.74, 6) is -2.77. The molecule has 18 heteroatoms. The number of carbonyl (C=O) groups excluding carboxylic acids is 4. The molecule has 0 radical (unpaired) electrons. The Hall–Kier alpha value is -6.42. The average molecular weight is 870 g/mol. The van der Waals surface area contributed by atoms with Crippen LogP contribution in [0.2, 0.25) is 0 Å². The summed E-state index contributed by atoms with van der Waals surface area (Å²) in [4.78, 5) is 57.8. The van der Waals surface area contributed by atoms with Crippen molar-refractivity contribution in [3.8, 4) is 11.8 Å². The Labute approximate surface area is 357 Å². The number of carbonyl (C=O) groups is 4. The minimum atomic E-state index is -4.85. The van der Waals surface area contributed by atoms with Crippen molar-refractivity contribution in [1.29, 1.82) is 5.26 Å². The van der Waals surface area contributed by atoms with Crippen molar-refractivity contribution in [3.63, 3.8) is 0 Å². The summed E-state index contributed by atoms with van der Waals surface area (Å²) in [6, 6.07) is 17.7. The molecule has 1 aromatic heterocycles. The molecule has 0 aliphatic carbocycles. The second kappa shape index (κ2) is 16.5. The van der Waals surface area contributed by atoms with Crippen molar-refractivity contribution in [2.45, 2.75) is 44.3 Å². The van der Waals surface area contributed by atoms with Crippen LogP contribution in [-0.2, 0) is 25.4 Å². The normalized spacial score (nSPS) is 18.7. The molecule has 0 unspecified atom stereocenters. The smallest absolute Gasteiger partial charge is 0.417 e. The molecule has 8 rings (SSSR count). The maximum Gasteiger partial charge on any atom is 0.417 e. The number of halogens is 4. The number of fused-ring (bicyclic) bond motifs is 3. The number of ether oxygens (including phenoxy) is 1. The van der Waals surface area contributed by atoms with Crippen LogP contribution in [0.4, 0.5) is 34.6 Å². The Morgan fingerprint density at radius 1 is 1.00 bits per heavy atom. The van der Waals surface area contributed by atoms with Gasteiger partial charge in [0.05, 0.1) is 41.6 Å². The Morgan fingerprint density at radius 3 is 2.45 bits per heavy atom. The highest BCUT2D eigenvalue weighted by Crippen LogP contribution is 2.41. The van der Waals surface area contributed by atoms with E-state index in [1.807, 2.05) is 29.2 Å². The molecule has 3 aliphatic heterocycles. The monoisotopic (exact) mass is 869 g/mol. The first kappa shape index (κ1) is 42.3. The molecule has 0 spiro atoms. The number of nitrogens with zero attached hydrogens (tertiary/aromatic N) is 5. The summed E-state index contributed by atoms with van der Waals surface area (Å²) in [6.07, 6.45) is -2.66. The van der Waals surface area contributed by atoms with E-state index in [4.69, 9.17) is 21.4 Å². The average Bonchev–Trinajstić information content (AvgIpc) is 3.73. The lowest BCUT2D eigenvalue weighted by molar-refractivity contribution is -0.138. The second-order valence-electron chi connectivity index (χ2n) is 15.8. The van der Waals surface area contributed by atoms with Crippen LogP contribution in [-0.4, -0.2) is 90.0 Å². The second-order valence-corrected chi connectivity index (χ2v) is 16.2. The number of nitrogens with one attached hydrogen (secondary N) is 2. The number of rotatable bonds is 10. The van der Waals surface area contributed by atoms with E-state index in [-0.39, 0.29) is 59.5 Å². The zero-order chi connectivity index (χ0) is 44.1. The topological polar surface area (TPSA) is 151 Å². The molecular formula is C44H39F4N7O6S. The Balaban J connectivity index is 0.843. The molecule has 2 N–H and O–H groups in total. The first-order chi connectivity index (χ1) is 29.5. The number of furan rings is 1. The van der Waals surface area contributed by atoms with Gasteiger partial charge in [-0.05, 0) is 86.4 Å². The predicted molar refractivity (Wildman–Crippen MR) is 225 cm³/mol. The molecule has 4 amide bonds. The number of hydrogen-bond acceptors (Lipinski definition) is 10. The zero-order valence-corrected chi connectivity index (χ0v) is 34.3. The summed E-state index contributed by atoms with van der Waals surface area (Å²) in [7, 11) is 0. The van der Waals surface area contributed by atoms with E-state index in [0.717, 1.165) is 33.2 Å². The van der Waals surface area contributed by atoms with Gasteiger partial charge >= 0.3 is 6.18 Å². The summed E-state index contributed by atoms with van der Waals surface area (Å²) in [5, 5.41) is 16.9. The van der Waals surface area contributed by atoms with E-state index in [1.165, 1.54) is 43.0 Å². The quantitative estimate of drug-likeness (QED) is 0.0879. The fraction of sp³-hybridized carbons (Fsp3) is 0.318. The summed E-state index contributed by atoms with van der Waals surface area (Å²) < 4.78 is 68.2. The van der Waals surface area contributed by atoms with Gasteiger partial charge in [0.1, 0.15) is 17.7 Å². The van der Waals surface area contributed by atoms with E-state index in [9.17, 15) is 37.6 Å². The van der Waals surface area contributed by atoms with Crippen molar-refractivity contribution >= 4 is 79.8 Å². The Kier molecular flexibility index (Phi) is 11.2. The third-order valence-electron chi connectivity index (χ3n) is 11.5. The largest absolute Gasteiger partial charge is 0.489 e. The molecule has 4 heterocycles. The molecule has 5 aromatic rings. The Bertz CT molecular complexity index is 2710. The minimum Gasteiger partial charge on any atom is -0.489 e. The molecule has 0 bridgehead atoms. The standard InChI is InChI=1S/C44H39F4N7O6S/c1-43(2)41(59)54(26-7-6-25(22-49)32(20-26)44(46,47)48)42(62)55(43)27-8-11-35(33(45)21-27)60-19-18-52-14-16-53(17-15-52)23-38(57)50-34-5-3-4-29-28(34)9-12-36-39(29)31(24-61-36)30-10-13-37(56)51-40(30)58/h3-9,11-12,20-21,24,30H,10,13-19,23H2,1-2H3,(H,50,57)(H,51,56,58)/t30-/m1/s1. The number of benzene rings is 4. The summed E-state index contributed by atoms with van der Waals surface area (Å²) >= 11 is 5.56. The highest BCUT2D eigenvalue weighted by molar-refractivity contribution is 7.81. The molecule has 4 aromatic carbocycles. The van der Waals surface area contributed by atoms with E-state index < -0.39 is 40.5 Å². The molecular weight excluding hydrogens is 831 g/mol. The molecule has 62 heavy (non-hydrogen) atoms. The van der Waals surface area contributed by atoms with Gasteiger partial charge in [-0.25, -0.2) is 4.39 Å². The van der Waals surface area contributed by atoms with Crippen molar-refractivity contribution < 1.29 is 45.9 Å². The van der Waals surface area contributed by atoms with Crippen LogP contribution in [0.3, 0.4) is 0 Å². The van der Waals surface area contributed by atoms with Gasteiger partial charge in [-0.3, -0.25) is 39.2 Å². The van der Waals surface area contributed by atoms with E-state index in [2.05, 4.69) is 15.5 Å². The molecule has 3 aliphatic rings. The van der Waals surface area contributed by atoms with Crippen molar-refractivity contribution in [2.24, 2.45) is 0 Å². The van der Waals surface area contributed by atoms with Crippen LogP contribution in [0.25, 0.3) is 21.7 Å². The number of alkyl halides is 3. The fourth-order valence-corrected chi connectivity index (χ4v) is 8.85. The highest BCUT2D eigenvalue weighted by Gasteiger charge is 2.51. The molecule has 1 atom stereocenters. The van der Waals surface area contributed by atoms with Crippen molar-refractivity contribution in [3.05, 3.63) is 95.5 Å². The van der Waals surface area contributed by atoms with Crippen molar-refractivity contribution in [1.82, 2.24) is 15.1 Å². The van der Waals surface area contributed by atoms with Crippen molar-refractivity contribution in [2.75, 3.05) is 61.0 Å². The number of nitriles is 1. The predicted octanol–water partition coefficient (Wildman–Crippen LogP) is 6.69. The van der Waals surface area contributed by atoms with E-state index >= 15 is 4.39 Å². The first-order valence-electron chi connectivity index (χ1n) is 19.8. The number of hydrogen-bond donors (Lipinski definition) is 2. The van der Waals surface area contributed by atoms with E-state index in [0.29, 0.717) is 62.0 Å². The number of thiocarbonyl (C=S) groups is 1. The minimum absolute atomic E-state index is 0.0359.